The summed E-state index contributed by atoms with van der Waals surface area (Å²) in [6.45, 7) is 0. The lowest BCUT2D eigenvalue weighted by atomic mass is 10.2. The van der Waals surface area contributed by atoms with Gasteiger partial charge in [0.15, 0.2) is 0 Å². The third kappa shape index (κ3) is 2.23. The highest BCUT2D eigenvalue weighted by molar-refractivity contribution is 6.34. The lowest BCUT2D eigenvalue weighted by Crippen LogP contribution is -2.14. The van der Waals surface area contributed by atoms with Gasteiger partial charge < -0.3 is 0 Å². The molecule has 3 aromatic rings. The Morgan fingerprint density at radius 3 is 2.76 bits per heavy atom. The zero-order valence-electron chi connectivity index (χ0n) is 10.4. The van der Waals surface area contributed by atoms with E-state index in [-0.39, 0.29) is 16.3 Å². The Morgan fingerprint density at radius 2 is 2.00 bits per heavy atom. The summed E-state index contributed by atoms with van der Waals surface area (Å²) in [5, 5.41) is 18.6. The van der Waals surface area contributed by atoms with Crippen molar-refractivity contribution >= 4 is 34.2 Å². The second kappa shape index (κ2) is 4.95. The van der Waals surface area contributed by atoms with Crippen LogP contribution in [0.2, 0.25) is 5.02 Å². The first-order valence-corrected chi connectivity index (χ1v) is 6.25. The van der Waals surface area contributed by atoms with E-state index in [1.807, 2.05) is 0 Å². The average molecular weight is 303 g/mol. The number of carbonyl (C=O) groups is 1. The molecule has 0 bridgehead atoms. The number of non-ortho nitro benzene ring substituents is 1. The molecule has 0 saturated heterocycles. The normalized spacial score (nSPS) is 10.7. The lowest BCUT2D eigenvalue weighted by Gasteiger charge is -2.03. The predicted octanol–water partition coefficient (Wildman–Crippen LogP) is 2.68. The maximum absolute atomic E-state index is 12.5. The van der Waals surface area contributed by atoms with Gasteiger partial charge in [-0.15, -0.1) is 5.10 Å². The Hall–Kier alpha value is -2.80. The summed E-state index contributed by atoms with van der Waals surface area (Å²) < 4.78 is 1.07. The fraction of sp³-hybridized carbons (Fsp3) is 0. The zero-order chi connectivity index (χ0) is 15.0. The molecule has 1 aromatic heterocycles. The first-order chi connectivity index (χ1) is 10.1. The molecule has 0 atom stereocenters. The minimum Gasteiger partial charge on any atom is -0.267 e. The van der Waals surface area contributed by atoms with Crippen LogP contribution in [0.25, 0.3) is 11.0 Å². The van der Waals surface area contributed by atoms with Gasteiger partial charge in [-0.25, -0.2) is 0 Å². The fourth-order valence-corrected chi connectivity index (χ4v) is 2.12. The van der Waals surface area contributed by atoms with Crippen molar-refractivity contribution in [3.63, 3.8) is 0 Å². The van der Waals surface area contributed by atoms with Gasteiger partial charge in [0.25, 0.3) is 11.6 Å². The van der Waals surface area contributed by atoms with Crippen molar-refractivity contribution in [2.75, 3.05) is 0 Å². The van der Waals surface area contributed by atoms with Gasteiger partial charge in [0.2, 0.25) is 0 Å². The predicted molar refractivity (Wildman–Crippen MR) is 75.4 cm³/mol. The maximum atomic E-state index is 12.5. The second-order valence-corrected chi connectivity index (χ2v) is 4.62. The van der Waals surface area contributed by atoms with E-state index < -0.39 is 10.8 Å². The van der Waals surface area contributed by atoms with Gasteiger partial charge in [-0.3, -0.25) is 14.9 Å². The standard InChI is InChI=1S/C13H7ClN4O3/c14-10-6-5-8(18(20)21)7-9(10)13(19)17-12-4-2-1-3-11(12)15-16-17/h1-7H. The number of nitro groups is 1. The minimum atomic E-state index is -0.591. The second-order valence-electron chi connectivity index (χ2n) is 4.22. The van der Waals surface area contributed by atoms with Gasteiger partial charge in [0.1, 0.15) is 5.52 Å². The molecule has 0 aliphatic rings. The Morgan fingerprint density at radius 1 is 1.24 bits per heavy atom. The molecule has 0 N–H and O–H groups in total. The van der Waals surface area contributed by atoms with Crippen molar-refractivity contribution in [3.05, 3.63) is 63.2 Å². The summed E-state index contributed by atoms with van der Waals surface area (Å²) in [7, 11) is 0. The van der Waals surface area contributed by atoms with Crippen LogP contribution < -0.4 is 0 Å². The van der Waals surface area contributed by atoms with Crippen LogP contribution in [0.15, 0.2) is 42.5 Å². The van der Waals surface area contributed by atoms with Crippen LogP contribution in [0, 0.1) is 10.1 Å². The number of aromatic nitrogens is 3. The van der Waals surface area contributed by atoms with Crippen LogP contribution in [-0.2, 0) is 0 Å². The molecule has 0 fully saturated rings. The van der Waals surface area contributed by atoms with Crippen LogP contribution in [0.3, 0.4) is 0 Å². The van der Waals surface area contributed by atoms with Crippen molar-refractivity contribution < 1.29 is 9.72 Å². The molecule has 1 heterocycles. The van der Waals surface area contributed by atoms with Crippen molar-refractivity contribution in [1.29, 1.82) is 0 Å². The molecule has 0 aliphatic carbocycles. The molecule has 2 aromatic carbocycles. The number of hydrogen-bond donors (Lipinski definition) is 0. The number of benzene rings is 2. The van der Waals surface area contributed by atoms with Gasteiger partial charge in [-0.2, -0.15) is 4.68 Å². The molecular weight excluding hydrogens is 296 g/mol. The van der Waals surface area contributed by atoms with Crippen molar-refractivity contribution in [2.24, 2.45) is 0 Å². The van der Waals surface area contributed by atoms with Crippen LogP contribution in [0.4, 0.5) is 5.69 Å². The van der Waals surface area contributed by atoms with Gasteiger partial charge >= 0.3 is 0 Å². The number of nitro benzene ring substituents is 1. The number of carbonyl (C=O) groups excluding carboxylic acids is 1. The van der Waals surface area contributed by atoms with Crippen LogP contribution >= 0.6 is 11.6 Å². The summed E-state index contributed by atoms with van der Waals surface area (Å²) in [6.07, 6.45) is 0. The summed E-state index contributed by atoms with van der Waals surface area (Å²) in [6, 6.07) is 10.6. The SMILES string of the molecule is O=C(c1cc([N+](=O)[O-])ccc1Cl)n1nnc2ccccc21. The monoisotopic (exact) mass is 302 g/mol. The number of para-hydroxylation sites is 1. The van der Waals surface area contributed by atoms with Crippen LogP contribution in [0.5, 0.6) is 0 Å². The highest BCUT2D eigenvalue weighted by atomic mass is 35.5. The van der Waals surface area contributed by atoms with E-state index in [2.05, 4.69) is 10.3 Å². The quantitative estimate of drug-likeness (QED) is 0.536. The summed E-state index contributed by atoms with van der Waals surface area (Å²) in [5.41, 5.74) is 0.839. The molecule has 8 heteroatoms. The van der Waals surface area contributed by atoms with Crippen molar-refractivity contribution in [3.8, 4) is 0 Å². The van der Waals surface area contributed by atoms with Gasteiger partial charge in [0, 0.05) is 12.1 Å². The number of rotatable bonds is 2. The summed E-state index contributed by atoms with van der Waals surface area (Å²) >= 11 is 5.96. The van der Waals surface area contributed by atoms with Gasteiger partial charge in [0.05, 0.1) is 21.0 Å². The largest absolute Gasteiger partial charge is 0.281 e. The molecule has 0 radical (unpaired) electrons. The minimum absolute atomic E-state index is 0.00141. The van der Waals surface area contributed by atoms with Crippen molar-refractivity contribution in [2.45, 2.75) is 0 Å². The van der Waals surface area contributed by atoms with E-state index in [9.17, 15) is 14.9 Å². The molecule has 0 amide bonds. The Balaban J connectivity index is 2.14. The number of nitrogens with zero attached hydrogens (tertiary/aromatic N) is 4. The molecule has 7 nitrogen and oxygen atoms in total. The van der Waals surface area contributed by atoms with Crippen LogP contribution in [-0.4, -0.2) is 25.8 Å². The topological polar surface area (TPSA) is 90.9 Å². The first-order valence-electron chi connectivity index (χ1n) is 5.87. The van der Waals surface area contributed by atoms with E-state index in [1.165, 1.54) is 12.1 Å². The smallest absolute Gasteiger partial charge is 0.267 e. The highest BCUT2D eigenvalue weighted by Gasteiger charge is 2.20. The maximum Gasteiger partial charge on any atom is 0.281 e. The average Bonchev–Trinajstić information content (AvgIpc) is 2.90. The van der Waals surface area contributed by atoms with E-state index in [0.717, 1.165) is 10.7 Å². The van der Waals surface area contributed by atoms with Gasteiger partial charge in [-0.05, 0) is 18.2 Å². The molecular formula is C13H7ClN4O3. The van der Waals surface area contributed by atoms with Gasteiger partial charge in [-0.1, -0.05) is 28.9 Å². The first kappa shape index (κ1) is 13.2. The van der Waals surface area contributed by atoms with E-state index in [4.69, 9.17) is 11.6 Å². The molecule has 0 unspecified atom stereocenters. The lowest BCUT2D eigenvalue weighted by molar-refractivity contribution is -0.384. The molecule has 0 aliphatic heterocycles. The van der Waals surface area contributed by atoms with E-state index in [0.29, 0.717) is 11.0 Å². The Bertz CT molecular complexity index is 875. The number of fused-ring (bicyclic) bond motifs is 1. The zero-order valence-corrected chi connectivity index (χ0v) is 11.2. The summed E-state index contributed by atoms with van der Waals surface area (Å²) in [4.78, 5) is 22.7. The Kier molecular flexibility index (Phi) is 3.11. The Labute approximate surface area is 122 Å². The third-order valence-electron chi connectivity index (χ3n) is 2.94. The highest BCUT2D eigenvalue weighted by Crippen LogP contribution is 2.23. The molecule has 104 valence electrons. The number of hydrogen-bond acceptors (Lipinski definition) is 5. The molecule has 0 spiro atoms. The molecule has 0 saturated carbocycles. The van der Waals surface area contributed by atoms with Crippen molar-refractivity contribution in [1.82, 2.24) is 15.0 Å². The molecule has 21 heavy (non-hydrogen) atoms. The molecule has 3 rings (SSSR count). The van der Waals surface area contributed by atoms with Crippen LogP contribution in [0.1, 0.15) is 10.4 Å². The van der Waals surface area contributed by atoms with E-state index in [1.54, 1.807) is 24.3 Å². The van der Waals surface area contributed by atoms with E-state index >= 15 is 0 Å². The third-order valence-corrected chi connectivity index (χ3v) is 3.26. The summed E-state index contributed by atoms with van der Waals surface area (Å²) in [5.74, 6) is -0.572. The fourth-order valence-electron chi connectivity index (χ4n) is 1.92. The number of halogens is 1.